The molecule has 0 unspecified atom stereocenters. The lowest BCUT2D eigenvalue weighted by Gasteiger charge is -2.35. The first kappa shape index (κ1) is 16.1. The molecule has 6 nitrogen and oxygen atoms in total. The number of nitrogens with one attached hydrogen (secondary N) is 1. The first-order valence-electron chi connectivity index (χ1n) is 7.22. The lowest BCUT2D eigenvalue weighted by molar-refractivity contribution is -0.175. The van der Waals surface area contributed by atoms with Gasteiger partial charge in [-0.05, 0) is 29.8 Å². The Hall–Kier alpha value is -2.73. The number of halogens is 1. The third-order valence-corrected chi connectivity index (χ3v) is 4.04. The van der Waals surface area contributed by atoms with E-state index in [-0.39, 0.29) is 5.56 Å². The molecule has 2 atom stereocenters. The second-order valence-corrected chi connectivity index (χ2v) is 5.87. The Balaban J connectivity index is 1.69. The highest BCUT2D eigenvalue weighted by atomic mass is 35.5. The minimum Gasteiger partial charge on any atom is -0.504 e. The molecule has 1 saturated heterocycles. The first-order chi connectivity index (χ1) is 11.5. The van der Waals surface area contributed by atoms with Crippen LogP contribution in [0.15, 0.2) is 42.5 Å². The number of cyclic esters (lactones) is 1. The van der Waals surface area contributed by atoms with Crippen molar-refractivity contribution in [1.82, 2.24) is 5.32 Å². The molecule has 1 fully saturated rings. The number of phenolic OH excluding ortho intramolecular Hbond substituents is 2. The van der Waals surface area contributed by atoms with E-state index in [1.54, 1.807) is 12.1 Å². The highest BCUT2D eigenvalue weighted by Gasteiger charge is 2.43. The van der Waals surface area contributed by atoms with Crippen LogP contribution < -0.4 is 5.32 Å². The van der Waals surface area contributed by atoms with Crippen molar-refractivity contribution in [2.75, 3.05) is 0 Å². The monoisotopic (exact) mass is 347 g/mol. The van der Waals surface area contributed by atoms with Crippen molar-refractivity contribution in [2.45, 2.75) is 18.6 Å². The van der Waals surface area contributed by atoms with Crippen LogP contribution in [0.3, 0.4) is 0 Å². The number of hydrogen-bond acceptors (Lipinski definition) is 5. The molecule has 1 amide bonds. The van der Waals surface area contributed by atoms with Crippen molar-refractivity contribution in [1.29, 1.82) is 0 Å². The summed E-state index contributed by atoms with van der Waals surface area (Å²) in [6.45, 7) is 0. The quantitative estimate of drug-likeness (QED) is 0.581. The van der Waals surface area contributed by atoms with Crippen LogP contribution in [0.5, 0.6) is 11.5 Å². The molecule has 3 N–H and O–H groups in total. The van der Waals surface area contributed by atoms with Gasteiger partial charge >= 0.3 is 5.97 Å². The Morgan fingerprint density at radius 2 is 1.88 bits per heavy atom. The van der Waals surface area contributed by atoms with Gasteiger partial charge in [-0.1, -0.05) is 29.8 Å². The van der Waals surface area contributed by atoms with E-state index < -0.39 is 35.5 Å². The van der Waals surface area contributed by atoms with Gasteiger partial charge in [0.1, 0.15) is 6.10 Å². The first-order valence-corrected chi connectivity index (χ1v) is 7.60. The number of carbonyl (C=O) groups is 2. The number of amides is 1. The maximum Gasteiger partial charge on any atom is 0.332 e. The second kappa shape index (κ2) is 6.41. The molecule has 0 radical (unpaired) electrons. The highest BCUT2D eigenvalue weighted by molar-refractivity contribution is 6.30. The molecule has 2 aromatic rings. The fraction of sp³-hybridized carbons (Fsp3) is 0.176. The Morgan fingerprint density at radius 1 is 1.17 bits per heavy atom. The average Bonchev–Trinajstić information content (AvgIpc) is 2.56. The number of carbonyl (C=O) groups excluding carboxylic acids is 2. The molecule has 124 valence electrons. The lowest BCUT2D eigenvalue weighted by atomic mass is 9.97. The number of benzene rings is 2. The predicted molar refractivity (Wildman–Crippen MR) is 86.1 cm³/mol. The van der Waals surface area contributed by atoms with Crippen molar-refractivity contribution in [3.63, 3.8) is 0 Å². The van der Waals surface area contributed by atoms with Crippen molar-refractivity contribution < 1.29 is 24.5 Å². The number of para-hydroxylation sites is 1. The van der Waals surface area contributed by atoms with Crippen LogP contribution in [0, 0.1) is 0 Å². The van der Waals surface area contributed by atoms with Crippen LogP contribution >= 0.6 is 11.6 Å². The summed E-state index contributed by atoms with van der Waals surface area (Å²) in [4.78, 5) is 23.8. The molecular weight excluding hydrogens is 334 g/mol. The van der Waals surface area contributed by atoms with Crippen LogP contribution in [0.2, 0.25) is 5.02 Å². The van der Waals surface area contributed by atoms with Gasteiger partial charge in [0.25, 0.3) is 5.91 Å². The summed E-state index contributed by atoms with van der Waals surface area (Å²) in [5, 5.41) is 22.3. The number of hydrogen-bond donors (Lipinski definition) is 3. The van der Waals surface area contributed by atoms with E-state index in [2.05, 4.69) is 5.32 Å². The van der Waals surface area contributed by atoms with Gasteiger partial charge in [0.2, 0.25) is 0 Å². The zero-order valence-corrected chi connectivity index (χ0v) is 13.2. The SMILES string of the molecule is O=C(N[C@@H]1C(=O)O[C@@H]1Cc1ccc(Cl)cc1)c1cccc(O)c1O. The summed E-state index contributed by atoms with van der Waals surface area (Å²) >= 11 is 5.83. The van der Waals surface area contributed by atoms with Gasteiger partial charge in [0.15, 0.2) is 17.5 Å². The standard InChI is InChI=1S/C17H14ClNO5/c18-10-6-4-9(5-7-10)8-13-14(17(23)24-13)19-16(22)11-2-1-3-12(20)15(11)21/h1-7,13-14,20-21H,8H2,(H,19,22)/t13-,14+/m1/s1. The normalized spacial score (nSPS) is 19.3. The van der Waals surface area contributed by atoms with E-state index in [9.17, 15) is 19.8 Å². The Labute approximate surface area is 142 Å². The molecule has 0 bridgehead atoms. The Morgan fingerprint density at radius 3 is 2.54 bits per heavy atom. The molecule has 0 spiro atoms. The number of aromatic hydroxyl groups is 2. The van der Waals surface area contributed by atoms with Gasteiger partial charge in [-0.2, -0.15) is 0 Å². The smallest absolute Gasteiger partial charge is 0.332 e. The van der Waals surface area contributed by atoms with Gasteiger partial charge in [-0.3, -0.25) is 4.79 Å². The number of rotatable bonds is 4. The molecule has 0 saturated carbocycles. The van der Waals surface area contributed by atoms with E-state index in [1.807, 2.05) is 12.1 Å². The molecule has 24 heavy (non-hydrogen) atoms. The van der Waals surface area contributed by atoms with E-state index in [0.29, 0.717) is 11.4 Å². The van der Waals surface area contributed by atoms with Crippen LogP contribution in [0.25, 0.3) is 0 Å². The third kappa shape index (κ3) is 3.14. The van der Waals surface area contributed by atoms with Crippen LogP contribution in [0.4, 0.5) is 0 Å². The maximum absolute atomic E-state index is 12.2. The van der Waals surface area contributed by atoms with Crippen LogP contribution in [-0.2, 0) is 16.0 Å². The minimum atomic E-state index is -0.810. The van der Waals surface area contributed by atoms with Crippen molar-refractivity contribution in [2.24, 2.45) is 0 Å². The van der Waals surface area contributed by atoms with E-state index in [1.165, 1.54) is 18.2 Å². The van der Waals surface area contributed by atoms with Crippen molar-refractivity contribution in [3.05, 3.63) is 58.6 Å². The summed E-state index contributed by atoms with van der Waals surface area (Å²) in [6, 6.07) is 10.3. The van der Waals surface area contributed by atoms with Crippen molar-refractivity contribution in [3.8, 4) is 11.5 Å². The molecule has 0 aliphatic carbocycles. The van der Waals surface area contributed by atoms with Gasteiger partial charge in [-0.15, -0.1) is 0 Å². The highest BCUT2D eigenvalue weighted by Crippen LogP contribution is 2.29. The fourth-order valence-corrected chi connectivity index (χ4v) is 2.59. The van der Waals surface area contributed by atoms with Gasteiger partial charge < -0.3 is 20.3 Å². The molecule has 1 aliphatic rings. The molecule has 0 aromatic heterocycles. The molecule has 1 aliphatic heterocycles. The van der Waals surface area contributed by atoms with Crippen LogP contribution in [-0.4, -0.2) is 34.2 Å². The van der Waals surface area contributed by atoms with Gasteiger partial charge in [0.05, 0.1) is 5.56 Å². The van der Waals surface area contributed by atoms with Crippen LogP contribution in [0.1, 0.15) is 15.9 Å². The molecule has 2 aromatic carbocycles. The molecule has 7 heteroatoms. The van der Waals surface area contributed by atoms with E-state index in [4.69, 9.17) is 16.3 Å². The number of ether oxygens (including phenoxy) is 1. The van der Waals surface area contributed by atoms with E-state index in [0.717, 1.165) is 5.56 Å². The summed E-state index contributed by atoms with van der Waals surface area (Å²) in [5.41, 5.74) is 0.802. The summed E-state index contributed by atoms with van der Waals surface area (Å²) in [7, 11) is 0. The Bertz CT molecular complexity index is 790. The number of phenols is 2. The van der Waals surface area contributed by atoms with Crippen molar-refractivity contribution >= 4 is 23.5 Å². The maximum atomic E-state index is 12.2. The molecular formula is C17H14ClNO5. The lowest BCUT2D eigenvalue weighted by Crippen LogP contribution is -2.60. The summed E-state index contributed by atoms with van der Waals surface area (Å²) in [5.74, 6) is -2.14. The molecule has 3 rings (SSSR count). The van der Waals surface area contributed by atoms with Gasteiger partial charge in [-0.25, -0.2) is 4.79 Å². The zero-order valence-electron chi connectivity index (χ0n) is 12.4. The topological polar surface area (TPSA) is 95.9 Å². The second-order valence-electron chi connectivity index (χ2n) is 5.43. The fourth-order valence-electron chi connectivity index (χ4n) is 2.47. The van der Waals surface area contributed by atoms with Gasteiger partial charge in [0, 0.05) is 11.4 Å². The summed E-state index contributed by atoms with van der Waals surface area (Å²) in [6.07, 6.45) is -0.0676. The summed E-state index contributed by atoms with van der Waals surface area (Å²) < 4.78 is 5.08. The Kier molecular flexibility index (Phi) is 4.31. The average molecular weight is 348 g/mol. The molecule has 1 heterocycles. The largest absolute Gasteiger partial charge is 0.504 e. The zero-order chi connectivity index (χ0) is 17.3. The predicted octanol–water partition coefficient (Wildman–Crippen LogP) is 2.02. The van der Waals surface area contributed by atoms with E-state index >= 15 is 0 Å². The number of esters is 1. The minimum absolute atomic E-state index is 0.111. The third-order valence-electron chi connectivity index (χ3n) is 3.79.